The number of carbonyl (C=O) groups is 1. The molecule has 2 nitrogen and oxygen atoms in total. The molecular formula is C84H120O2S. The largest absolute Gasteiger partial charge is 0.388 e. The van der Waals surface area contributed by atoms with Gasteiger partial charge in [-0.15, -0.1) is 0 Å². The highest BCUT2D eigenvalue weighted by Gasteiger charge is 1.96. The summed E-state index contributed by atoms with van der Waals surface area (Å²) in [4.78, 5) is 9.44. The van der Waals surface area contributed by atoms with Gasteiger partial charge < -0.3 is 9.53 Å². The highest BCUT2D eigenvalue weighted by molar-refractivity contribution is 7.97. The van der Waals surface area contributed by atoms with Crippen molar-refractivity contribution in [3.05, 3.63) is 318 Å². The van der Waals surface area contributed by atoms with Crippen LogP contribution >= 0.6 is 11.8 Å². The van der Waals surface area contributed by atoms with E-state index in [4.69, 9.17) is 0 Å². The van der Waals surface area contributed by atoms with Gasteiger partial charge >= 0.3 is 0 Å². The SMILES string of the molecule is CC(C)=O.CCC.COC.CSC.Cc1cc(C)c(C)cc1C.Cc1ccccc1C.Cc1ccccc1C.Cc1ccccc1C.Cc1ccccc1C.Cc1ccccc1C.Cc1ccccc1C.Cc1ccccc1C.Cc1ccccc1C. The highest BCUT2D eigenvalue weighted by atomic mass is 32.2. The fraction of sp³-hybridized carbons (Fsp3) is 0.345. The summed E-state index contributed by atoms with van der Waals surface area (Å²) in [6, 6.07) is 71.3. The molecule has 9 aromatic rings. The predicted molar refractivity (Wildman–Crippen MR) is 397 cm³/mol. The van der Waals surface area contributed by atoms with E-state index in [1.165, 1.54) is 132 Å². The minimum Gasteiger partial charge on any atom is -0.388 e. The van der Waals surface area contributed by atoms with Crippen molar-refractivity contribution in [1.29, 1.82) is 0 Å². The zero-order valence-corrected chi connectivity index (χ0v) is 60.9. The fourth-order valence-electron chi connectivity index (χ4n) is 6.41. The van der Waals surface area contributed by atoms with Crippen LogP contribution in [0.5, 0.6) is 0 Å². The van der Waals surface area contributed by atoms with E-state index in [1.807, 2.05) is 12.5 Å². The minimum atomic E-state index is 0.167. The number of ether oxygens (including phenoxy) is 1. The van der Waals surface area contributed by atoms with Crippen LogP contribution in [0.15, 0.2) is 206 Å². The monoisotopic (exact) mass is 1190 g/mol. The van der Waals surface area contributed by atoms with Gasteiger partial charge in [0.15, 0.2) is 0 Å². The molecule has 0 radical (unpaired) electrons. The second-order valence-corrected chi connectivity index (χ2v) is 22.9. The molecule has 474 valence electrons. The lowest BCUT2D eigenvalue weighted by atomic mass is 10.0. The molecule has 0 spiro atoms. The third kappa shape index (κ3) is 49.7. The molecule has 9 rings (SSSR count). The Bertz CT molecular complexity index is 2370. The number of benzene rings is 9. The van der Waals surface area contributed by atoms with Gasteiger partial charge in [0.2, 0.25) is 0 Å². The van der Waals surface area contributed by atoms with Gasteiger partial charge in [0.05, 0.1) is 0 Å². The van der Waals surface area contributed by atoms with Crippen LogP contribution in [0.2, 0.25) is 0 Å². The van der Waals surface area contributed by atoms with Gasteiger partial charge in [0, 0.05) is 14.2 Å². The topological polar surface area (TPSA) is 26.3 Å². The first-order valence-electron chi connectivity index (χ1n) is 30.5. The van der Waals surface area contributed by atoms with E-state index in [-0.39, 0.29) is 5.78 Å². The summed E-state index contributed by atoms with van der Waals surface area (Å²) >= 11 is 1.75. The Kier molecular flexibility index (Phi) is 55.2. The van der Waals surface area contributed by atoms with E-state index in [0.717, 1.165) is 0 Å². The van der Waals surface area contributed by atoms with Gasteiger partial charge in [0.25, 0.3) is 0 Å². The van der Waals surface area contributed by atoms with Crippen LogP contribution in [-0.2, 0) is 9.53 Å². The van der Waals surface area contributed by atoms with Crippen LogP contribution < -0.4 is 0 Å². The van der Waals surface area contributed by atoms with Crippen molar-refractivity contribution in [1.82, 2.24) is 0 Å². The average molecular weight is 1190 g/mol. The van der Waals surface area contributed by atoms with Crippen LogP contribution in [0.3, 0.4) is 0 Å². The molecule has 0 unspecified atom stereocenters. The number of hydrogen-bond donors (Lipinski definition) is 0. The number of methoxy groups -OCH3 is 1. The van der Waals surface area contributed by atoms with E-state index < -0.39 is 0 Å². The van der Waals surface area contributed by atoms with Crippen LogP contribution in [0.25, 0.3) is 0 Å². The van der Waals surface area contributed by atoms with Gasteiger partial charge in [-0.05, 0) is 276 Å². The smallest absolute Gasteiger partial charge is 0.126 e. The third-order valence-electron chi connectivity index (χ3n) is 13.5. The van der Waals surface area contributed by atoms with Gasteiger partial charge in [-0.25, -0.2) is 0 Å². The quantitative estimate of drug-likeness (QED) is 0.151. The van der Waals surface area contributed by atoms with Crippen LogP contribution in [0, 0.1) is 138 Å². The molecule has 0 aliphatic heterocycles. The zero-order chi connectivity index (χ0) is 67.3. The van der Waals surface area contributed by atoms with Gasteiger partial charge in [0.1, 0.15) is 5.78 Å². The molecule has 0 bridgehead atoms. The van der Waals surface area contributed by atoms with Crippen molar-refractivity contribution in [2.75, 3.05) is 26.7 Å². The molecule has 0 saturated carbocycles. The maximum atomic E-state index is 9.44. The number of thioether (sulfide) groups is 1. The summed E-state index contributed by atoms with van der Waals surface area (Å²) in [5.41, 5.74) is 27.5. The second-order valence-electron chi connectivity index (χ2n) is 22.1. The van der Waals surface area contributed by atoms with Crippen LogP contribution in [-0.4, -0.2) is 32.5 Å². The van der Waals surface area contributed by atoms with Crippen LogP contribution in [0.1, 0.15) is 145 Å². The number of ketones is 1. The van der Waals surface area contributed by atoms with E-state index in [9.17, 15) is 4.79 Å². The Morgan fingerprint density at radius 1 is 0.253 bits per heavy atom. The number of Topliss-reactive ketones (excluding diaryl/α,β-unsaturated/α-hetero) is 1. The number of rotatable bonds is 0. The minimum absolute atomic E-state index is 0.167. The summed E-state index contributed by atoms with van der Waals surface area (Å²) < 4.78 is 4.25. The maximum absolute atomic E-state index is 9.44. The van der Waals surface area contributed by atoms with Crippen molar-refractivity contribution in [2.45, 2.75) is 173 Å². The Morgan fingerprint density at radius 3 is 0.356 bits per heavy atom. The summed E-state index contributed by atoms with van der Waals surface area (Å²) in [6.45, 7) is 49.8. The predicted octanol–water partition coefficient (Wildman–Crippen LogP) is 24.6. The van der Waals surface area contributed by atoms with Crippen molar-refractivity contribution in [3.63, 3.8) is 0 Å². The van der Waals surface area contributed by atoms with Crippen molar-refractivity contribution >= 4 is 17.5 Å². The number of aryl methyl sites for hydroxylation is 20. The fourth-order valence-corrected chi connectivity index (χ4v) is 6.41. The summed E-state index contributed by atoms with van der Waals surface area (Å²) in [5, 5.41) is 0. The molecule has 0 N–H and O–H groups in total. The Balaban J connectivity index is -0.000000435. The third-order valence-corrected chi connectivity index (χ3v) is 13.5. The maximum Gasteiger partial charge on any atom is 0.126 e. The zero-order valence-electron chi connectivity index (χ0n) is 60.1. The first-order valence-corrected chi connectivity index (χ1v) is 32.2. The van der Waals surface area contributed by atoms with Gasteiger partial charge in [-0.1, -0.05) is 227 Å². The van der Waals surface area contributed by atoms with E-state index in [1.54, 1.807) is 26.0 Å². The van der Waals surface area contributed by atoms with E-state index in [0.29, 0.717) is 0 Å². The molecular weight excluding hydrogens is 1070 g/mol. The summed E-state index contributed by atoms with van der Waals surface area (Å²) in [7, 11) is 3.25. The summed E-state index contributed by atoms with van der Waals surface area (Å²) in [6.07, 6.45) is 5.33. The molecule has 0 aliphatic rings. The highest BCUT2D eigenvalue weighted by Crippen LogP contribution is 2.14. The molecule has 87 heavy (non-hydrogen) atoms. The van der Waals surface area contributed by atoms with Gasteiger partial charge in [-0.3, -0.25) is 0 Å². The average Bonchev–Trinajstić information content (AvgIpc) is 3.65. The molecule has 9 aromatic carbocycles. The number of hydrogen-bond acceptors (Lipinski definition) is 3. The molecule has 0 aliphatic carbocycles. The first kappa shape index (κ1) is 86.4. The lowest BCUT2D eigenvalue weighted by Gasteiger charge is -2.04. The lowest BCUT2D eigenvalue weighted by Crippen LogP contribution is -1.86. The van der Waals surface area contributed by atoms with Crippen LogP contribution in [0.4, 0.5) is 0 Å². The Hall–Kier alpha value is -7.04. The Morgan fingerprint density at radius 2 is 0.310 bits per heavy atom. The molecule has 0 fully saturated rings. The molecule has 0 aromatic heterocycles. The van der Waals surface area contributed by atoms with Crippen molar-refractivity contribution in [3.8, 4) is 0 Å². The normalized spacial score (nSPS) is 8.87. The van der Waals surface area contributed by atoms with Crippen molar-refractivity contribution < 1.29 is 9.53 Å². The summed E-state index contributed by atoms with van der Waals surface area (Å²) in [5.74, 6) is 0.167. The van der Waals surface area contributed by atoms with E-state index in [2.05, 4.69) is 363 Å². The molecule has 3 heteroatoms. The number of carbonyl (C=O) groups excluding carboxylic acids is 1. The molecule has 0 heterocycles. The lowest BCUT2D eigenvalue weighted by molar-refractivity contribution is -0.115. The van der Waals surface area contributed by atoms with Crippen molar-refractivity contribution in [2.24, 2.45) is 0 Å². The first-order chi connectivity index (χ1) is 41.0. The Labute approximate surface area is 540 Å². The molecule has 0 atom stereocenters. The molecule has 0 saturated heterocycles. The molecule has 0 amide bonds. The standard InChI is InChI=1S/C10H14.8C8H10.C3H6O.C3H8.C2H6O.C2H6S/c1-7-5-9(3)10(4)6-8(7)2;8*1-7-5-3-4-6-8(7)2;1-3(2)4;3*1-3-2/h5-6H,1-4H3;8*3-6H,1-2H3;1-2H3;3H2,1-2H3;2*1-2H3. The van der Waals surface area contributed by atoms with E-state index >= 15 is 0 Å². The van der Waals surface area contributed by atoms with Gasteiger partial charge in [-0.2, -0.15) is 11.8 Å². The second kappa shape index (κ2) is 55.5.